The van der Waals surface area contributed by atoms with Crippen molar-refractivity contribution in [3.63, 3.8) is 0 Å². The van der Waals surface area contributed by atoms with E-state index in [9.17, 15) is 14.7 Å². The van der Waals surface area contributed by atoms with Crippen molar-refractivity contribution in [1.82, 2.24) is 10.6 Å². The number of methoxy groups -OCH3 is 1. The van der Waals surface area contributed by atoms with Crippen LogP contribution in [0.2, 0.25) is 0 Å². The highest BCUT2D eigenvalue weighted by Crippen LogP contribution is 2.35. The predicted octanol–water partition coefficient (Wildman–Crippen LogP) is 1.59. The Balaban J connectivity index is 2.52. The van der Waals surface area contributed by atoms with Gasteiger partial charge in [-0.2, -0.15) is 0 Å². The Hall–Kier alpha value is -2.70. The molecule has 1 aromatic rings. The Morgan fingerprint density at radius 3 is 2.77 bits per heavy atom. The third-order valence-corrected chi connectivity index (χ3v) is 3.31. The minimum Gasteiger partial charge on any atom is -0.508 e. The van der Waals surface area contributed by atoms with Gasteiger partial charge < -0.3 is 25.2 Å². The first kappa shape index (κ1) is 15.7. The fourth-order valence-electron chi connectivity index (χ4n) is 2.30. The summed E-state index contributed by atoms with van der Waals surface area (Å²) >= 11 is 0. The highest BCUT2D eigenvalue weighted by molar-refractivity contribution is 5.95. The molecule has 1 aliphatic heterocycles. The highest BCUT2D eigenvalue weighted by atomic mass is 16.5. The van der Waals surface area contributed by atoms with Gasteiger partial charge in [0.2, 0.25) is 0 Å². The number of aromatic hydroxyl groups is 1. The average molecular weight is 306 g/mol. The number of esters is 1. The van der Waals surface area contributed by atoms with Gasteiger partial charge in [0.15, 0.2) is 0 Å². The molecule has 0 aromatic heterocycles. The second-order valence-electron chi connectivity index (χ2n) is 4.72. The maximum atomic E-state index is 12.2. The molecule has 0 saturated heterocycles. The quantitative estimate of drug-likeness (QED) is 0.734. The molecule has 118 valence electrons. The number of hydrogen-bond acceptors (Lipinski definition) is 5. The number of carbonyl (C=O) groups is 2. The van der Waals surface area contributed by atoms with Gasteiger partial charge >= 0.3 is 12.0 Å². The molecule has 7 heteroatoms. The van der Waals surface area contributed by atoms with Gasteiger partial charge in [0, 0.05) is 11.3 Å². The van der Waals surface area contributed by atoms with Gasteiger partial charge in [-0.05, 0) is 32.0 Å². The summed E-state index contributed by atoms with van der Waals surface area (Å²) < 4.78 is 10.2. The number of allylic oxidation sites excluding steroid dienone is 1. The average Bonchev–Trinajstić information content (AvgIpc) is 2.47. The Labute approximate surface area is 127 Å². The second-order valence-corrected chi connectivity index (χ2v) is 4.72. The van der Waals surface area contributed by atoms with E-state index in [-0.39, 0.29) is 17.9 Å². The maximum Gasteiger partial charge on any atom is 0.338 e. The summed E-state index contributed by atoms with van der Waals surface area (Å²) in [6, 6.07) is 3.32. The lowest BCUT2D eigenvalue weighted by Crippen LogP contribution is -2.45. The van der Waals surface area contributed by atoms with Crippen LogP contribution in [0.4, 0.5) is 4.79 Å². The Morgan fingerprint density at radius 2 is 2.14 bits per heavy atom. The number of hydrogen-bond donors (Lipinski definition) is 3. The van der Waals surface area contributed by atoms with Crippen LogP contribution in [-0.4, -0.2) is 30.8 Å². The largest absolute Gasteiger partial charge is 0.508 e. The second kappa shape index (κ2) is 6.38. The van der Waals surface area contributed by atoms with E-state index in [1.54, 1.807) is 26.0 Å². The topological polar surface area (TPSA) is 96.9 Å². The van der Waals surface area contributed by atoms with Crippen LogP contribution in [0.5, 0.6) is 11.5 Å². The van der Waals surface area contributed by atoms with Crippen LogP contribution < -0.4 is 15.4 Å². The number of benzene rings is 1. The normalized spacial score (nSPS) is 17.6. The summed E-state index contributed by atoms with van der Waals surface area (Å²) in [5, 5.41) is 15.2. The molecule has 2 rings (SSSR count). The third-order valence-electron chi connectivity index (χ3n) is 3.31. The lowest BCUT2D eigenvalue weighted by molar-refractivity contribution is -0.139. The Bertz CT molecular complexity index is 639. The maximum absolute atomic E-state index is 12.2. The van der Waals surface area contributed by atoms with Crippen molar-refractivity contribution in [2.24, 2.45) is 0 Å². The minimum atomic E-state index is -0.817. The molecule has 0 bridgehead atoms. The molecule has 0 unspecified atom stereocenters. The fourth-order valence-corrected chi connectivity index (χ4v) is 2.30. The van der Waals surface area contributed by atoms with Gasteiger partial charge in [-0.25, -0.2) is 9.59 Å². The smallest absolute Gasteiger partial charge is 0.338 e. The van der Waals surface area contributed by atoms with Crippen LogP contribution in [0.3, 0.4) is 0 Å². The fraction of sp³-hybridized carbons (Fsp3) is 0.333. The molecule has 1 atom stereocenters. The minimum absolute atomic E-state index is 0.0531. The zero-order valence-corrected chi connectivity index (χ0v) is 12.6. The SMILES string of the molecule is CCOC(=O)C1=C(C)NC(=O)N[C@H]1c1cc(OC)ccc1O. The number of phenols is 1. The van der Waals surface area contributed by atoms with E-state index < -0.39 is 18.0 Å². The van der Waals surface area contributed by atoms with E-state index in [1.165, 1.54) is 13.2 Å². The summed E-state index contributed by atoms with van der Waals surface area (Å²) in [6.45, 7) is 3.51. The first-order valence-corrected chi connectivity index (χ1v) is 6.80. The van der Waals surface area contributed by atoms with Crippen molar-refractivity contribution in [2.75, 3.05) is 13.7 Å². The molecule has 7 nitrogen and oxygen atoms in total. The molecule has 0 spiro atoms. The number of rotatable bonds is 4. The zero-order chi connectivity index (χ0) is 16.3. The molecular weight excluding hydrogens is 288 g/mol. The van der Waals surface area contributed by atoms with Crippen molar-refractivity contribution in [3.8, 4) is 11.5 Å². The number of amides is 2. The summed E-state index contributed by atoms with van der Waals surface area (Å²) in [4.78, 5) is 23.9. The number of carbonyl (C=O) groups excluding carboxylic acids is 2. The number of nitrogens with one attached hydrogen (secondary N) is 2. The van der Waals surface area contributed by atoms with Gasteiger partial charge in [0.05, 0.1) is 25.3 Å². The van der Waals surface area contributed by atoms with Crippen LogP contribution >= 0.6 is 0 Å². The van der Waals surface area contributed by atoms with Crippen molar-refractivity contribution < 1.29 is 24.2 Å². The van der Waals surface area contributed by atoms with Crippen LogP contribution in [-0.2, 0) is 9.53 Å². The number of urea groups is 1. The zero-order valence-electron chi connectivity index (χ0n) is 12.6. The molecule has 0 fully saturated rings. The Kier molecular flexibility index (Phi) is 4.55. The number of ether oxygens (including phenoxy) is 2. The van der Waals surface area contributed by atoms with Crippen molar-refractivity contribution in [3.05, 3.63) is 35.0 Å². The number of phenolic OH excluding ortho intramolecular Hbond substituents is 1. The van der Waals surface area contributed by atoms with E-state index in [4.69, 9.17) is 9.47 Å². The van der Waals surface area contributed by atoms with E-state index in [2.05, 4.69) is 10.6 Å². The summed E-state index contributed by atoms with van der Waals surface area (Å²) in [5.41, 5.74) is 0.982. The Morgan fingerprint density at radius 1 is 1.41 bits per heavy atom. The molecule has 1 aliphatic rings. The predicted molar refractivity (Wildman–Crippen MR) is 78.4 cm³/mol. The molecular formula is C15H18N2O5. The summed E-state index contributed by atoms with van der Waals surface area (Å²) in [7, 11) is 1.49. The van der Waals surface area contributed by atoms with Gasteiger partial charge in [0.1, 0.15) is 11.5 Å². The van der Waals surface area contributed by atoms with Gasteiger partial charge in [-0.15, -0.1) is 0 Å². The van der Waals surface area contributed by atoms with Crippen LogP contribution in [0.1, 0.15) is 25.5 Å². The third kappa shape index (κ3) is 2.98. The molecule has 0 radical (unpaired) electrons. The first-order valence-electron chi connectivity index (χ1n) is 6.80. The van der Waals surface area contributed by atoms with Gasteiger partial charge in [-0.3, -0.25) is 0 Å². The van der Waals surface area contributed by atoms with Crippen molar-refractivity contribution >= 4 is 12.0 Å². The summed E-state index contributed by atoms with van der Waals surface area (Å²) in [6.07, 6.45) is 0. The van der Waals surface area contributed by atoms with Gasteiger partial charge in [0.25, 0.3) is 0 Å². The molecule has 3 N–H and O–H groups in total. The lowest BCUT2D eigenvalue weighted by atomic mass is 9.94. The first-order chi connectivity index (χ1) is 10.5. The monoisotopic (exact) mass is 306 g/mol. The molecule has 1 aromatic carbocycles. The van der Waals surface area contributed by atoms with Crippen molar-refractivity contribution in [1.29, 1.82) is 0 Å². The van der Waals surface area contributed by atoms with E-state index in [0.717, 1.165) is 0 Å². The van der Waals surface area contributed by atoms with Crippen LogP contribution in [0, 0.1) is 0 Å². The molecule has 1 heterocycles. The van der Waals surface area contributed by atoms with Gasteiger partial charge in [-0.1, -0.05) is 0 Å². The van der Waals surface area contributed by atoms with E-state index in [0.29, 0.717) is 17.0 Å². The molecule has 0 saturated carbocycles. The molecule has 2 amide bonds. The highest BCUT2D eigenvalue weighted by Gasteiger charge is 2.33. The summed E-state index contributed by atoms with van der Waals surface area (Å²) in [5.74, 6) is -0.108. The molecule has 0 aliphatic carbocycles. The van der Waals surface area contributed by atoms with Crippen LogP contribution in [0.25, 0.3) is 0 Å². The van der Waals surface area contributed by atoms with E-state index >= 15 is 0 Å². The molecule has 22 heavy (non-hydrogen) atoms. The standard InChI is InChI=1S/C15H18N2O5/c1-4-22-14(19)12-8(2)16-15(20)17-13(12)10-7-9(21-3)5-6-11(10)18/h5-7,13,18H,4H2,1-3H3,(H2,16,17,20)/t13-/m0/s1. The lowest BCUT2D eigenvalue weighted by Gasteiger charge is -2.28. The van der Waals surface area contributed by atoms with Crippen molar-refractivity contribution in [2.45, 2.75) is 19.9 Å². The van der Waals surface area contributed by atoms with Crippen LogP contribution in [0.15, 0.2) is 29.5 Å². The van der Waals surface area contributed by atoms with E-state index in [1.807, 2.05) is 0 Å².